The van der Waals surface area contributed by atoms with Crippen molar-refractivity contribution >= 4 is 23.1 Å². The van der Waals surface area contributed by atoms with Crippen LogP contribution in [-0.4, -0.2) is 4.57 Å². The predicted molar refractivity (Wildman–Crippen MR) is 83.4 cm³/mol. The normalized spacial score (nSPS) is 17.4. The van der Waals surface area contributed by atoms with Crippen LogP contribution in [0.15, 0.2) is 24.3 Å². The first-order chi connectivity index (χ1) is 9.12. The van der Waals surface area contributed by atoms with E-state index in [1.807, 2.05) is 0 Å². The Kier molecular flexibility index (Phi) is 3.00. The second kappa shape index (κ2) is 4.56. The van der Waals surface area contributed by atoms with Crippen molar-refractivity contribution in [2.75, 3.05) is 0 Å². The summed E-state index contributed by atoms with van der Waals surface area (Å²) >= 11 is 0. The van der Waals surface area contributed by atoms with Gasteiger partial charge in [-0.3, -0.25) is 0 Å². The SMILES string of the molecule is CCCn1c2c(c3ccccc31)=CCC(C)(C)CC=2. The molecule has 0 aliphatic heterocycles. The lowest BCUT2D eigenvalue weighted by Gasteiger charge is -2.19. The van der Waals surface area contributed by atoms with E-state index in [1.54, 1.807) is 0 Å². The fourth-order valence-electron chi connectivity index (χ4n) is 3.08. The molecule has 0 bridgehead atoms. The number of hydrogen-bond acceptors (Lipinski definition) is 0. The van der Waals surface area contributed by atoms with Crippen LogP contribution in [0.4, 0.5) is 0 Å². The smallest absolute Gasteiger partial charge is 0.0491 e. The number of hydrogen-bond donors (Lipinski definition) is 0. The summed E-state index contributed by atoms with van der Waals surface area (Å²) in [5.41, 5.74) is 1.78. The summed E-state index contributed by atoms with van der Waals surface area (Å²) in [7, 11) is 0. The Balaban J connectivity index is 2.37. The highest BCUT2D eigenvalue weighted by Crippen LogP contribution is 2.27. The van der Waals surface area contributed by atoms with Crippen LogP contribution in [-0.2, 0) is 6.54 Å². The molecule has 100 valence electrons. The third kappa shape index (κ3) is 2.11. The number of benzene rings is 1. The topological polar surface area (TPSA) is 4.93 Å². The lowest BCUT2D eigenvalue weighted by atomic mass is 9.86. The molecule has 1 nitrogen and oxygen atoms in total. The van der Waals surface area contributed by atoms with Gasteiger partial charge in [-0.05, 0) is 30.7 Å². The molecule has 0 amide bonds. The highest BCUT2D eigenvalue weighted by molar-refractivity contribution is 5.82. The van der Waals surface area contributed by atoms with Crippen LogP contribution >= 0.6 is 0 Å². The van der Waals surface area contributed by atoms with E-state index in [1.165, 1.54) is 27.9 Å². The number of rotatable bonds is 2. The molecule has 0 atom stereocenters. The van der Waals surface area contributed by atoms with Gasteiger partial charge >= 0.3 is 0 Å². The molecule has 0 saturated carbocycles. The molecule has 1 heterocycles. The Bertz CT molecular complexity index is 716. The molecule has 1 aromatic carbocycles. The molecule has 1 aliphatic rings. The van der Waals surface area contributed by atoms with Gasteiger partial charge in [0.25, 0.3) is 0 Å². The number of aryl methyl sites for hydroxylation is 1. The van der Waals surface area contributed by atoms with Crippen molar-refractivity contribution in [3.05, 3.63) is 34.8 Å². The van der Waals surface area contributed by atoms with Crippen molar-refractivity contribution < 1.29 is 0 Å². The summed E-state index contributed by atoms with van der Waals surface area (Å²) in [6.45, 7) is 8.09. The summed E-state index contributed by atoms with van der Waals surface area (Å²) in [5.74, 6) is 0. The van der Waals surface area contributed by atoms with E-state index in [9.17, 15) is 0 Å². The lowest BCUT2D eigenvalue weighted by molar-refractivity contribution is 0.398. The number of para-hydroxylation sites is 1. The molecule has 1 aliphatic carbocycles. The molecule has 1 heteroatoms. The Morgan fingerprint density at radius 3 is 2.63 bits per heavy atom. The van der Waals surface area contributed by atoms with E-state index >= 15 is 0 Å². The maximum atomic E-state index is 2.50. The van der Waals surface area contributed by atoms with Crippen LogP contribution in [0.1, 0.15) is 40.0 Å². The Hall–Kier alpha value is -1.50. The quantitative estimate of drug-likeness (QED) is 0.772. The van der Waals surface area contributed by atoms with Gasteiger partial charge in [-0.1, -0.05) is 51.1 Å². The van der Waals surface area contributed by atoms with Gasteiger partial charge in [0.15, 0.2) is 0 Å². The number of nitrogens with zero attached hydrogens (tertiary/aromatic N) is 1. The molecular formula is C18H23N. The molecule has 3 rings (SSSR count). The van der Waals surface area contributed by atoms with E-state index in [4.69, 9.17) is 0 Å². The molecule has 0 fully saturated rings. The molecule has 19 heavy (non-hydrogen) atoms. The van der Waals surface area contributed by atoms with Crippen LogP contribution in [0.25, 0.3) is 23.1 Å². The second-order valence-corrected chi connectivity index (χ2v) is 6.45. The largest absolute Gasteiger partial charge is 0.341 e. The van der Waals surface area contributed by atoms with E-state index in [-0.39, 0.29) is 0 Å². The molecular weight excluding hydrogens is 230 g/mol. The maximum Gasteiger partial charge on any atom is 0.0491 e. The van der Waals surface area contributed by atoms with Crippen LogP contribution in [0.5, 0.6) is 0 Å². The minimum absolute atomic E-state index is 0.386. The molecule has 0 unspecified atom stereocenters. The molecule has 0 saturated heterocycles. The van der Waals surface area contributed by atoms with Gasteiger partial charge in [-0.25, -0.2) is 0 Å². The van der Waals surface area contributed by atoms with Crippen LogP contribution < -0.4 is 10.6 Å². The summed E-state index contributed by atoms with van der Waals surface area (Å²) in [6, 6.07) is 8.83. The zero-order chi connectivity index (χ0) is 13.5. The van der Waals surface area contributed by atoms with E-state index in [2.05, 4.69) is 61.8 Å². The molecule has 2 aromatic rings. The summed E-state index contributed by atoms with van der Waals surface area (Å²) in [6.07, 6.45) is 8.41. The first kappa shape index (κ1) is 12.5. The van der Waals surface area contributed by atoms with Crippen molar-refractivity contribution in [3.8, 4) is 0 Å². The minimum Gasteiger partial charge on any atom is -0.341 e. The fourth-order valence-corrected chi connectivity index (χ4v) is 3.08. The average molecular weight is 253 g/mol. The van der Waals surface area contributed by atoms with Crippen LogP contribution in [0, 0.1) is 5.41 Å². The van der Waals surface area contributed by atoms with Crippen molar-refractivity contribution in [1.29, 1.82) is 0 Å². The Morgan fingerprint density at radius 2 is 1.84 bits per heavy atom. The third-order valence-corrected chi connectivity index (χ3v) is 4.21. The van der Waals surface area contributed by atoms with Gasteiger partial charge in [0, 0.05) is 28.0 Å². The standard InChI is InChI=1S/C18H23N/c1-4-13-19-16-8-6-5-7-14(16)15-9-11-18(2,3)12-10-17(15)19/h5-10H,4,11-13H2,1-3H3. The summed E-state index contributed by atoms with van der Waals surface area (Å²) < 4.78 is 2.50. The first-order valence-electron chi connectivity index (χ1n) is 7.40. The van der Waals surface area contributed by atoms with Crippen molar-refractivity contribution in [3.63, 3.8) is 0 Å². The highest BCUT2D eigenvalue weighted by atomic mass is 15.0. The molecule has 1 aromatic heterocycles. The fraction of sp³-hybridized carbons (Fsp3) is 0.444. The van der Waals surface area contributed by atoms with Crippen LogP contribution in [0.3, 0.4) is 0 Å². The highest BCUT2D eigenvalue weighted by Gasteiger charge is 2.18. The second-order valence-electron chi connectivity index (χ2n) is 6.45. The van der Waals surface area contributed by atoms with E-state index < -0.39 is 0 Å². The van der Waals surface area contributed by atoms with Gasteiger partial charge < -0.3 is 4.57 Å². The maximum absolute atomic E-state index is 2.50. The molecule has 0 radical (unpaired) electrons. The summed E-state index contributed by atoms with van der Waals surface area (Å²) in [4.78, 5) is 0. The zero-order valence-corrected chi connectivity index (χ0v) is 12.2. The zero-order valence-electron chi connectivity index (χ0n) is 12.2. The third-order valence-electron chi connectivity index (χ3n) is 4.21. The van der Waals surface area contributed by atoms with Crippen molar-refractivity contribution in [2.45, 2.75) is 46.6 Å². The van der Waals surface area contributed by atoms with Crippen molar-refractivity contribution in [2.24, 2.45) is 5.41 Å². The Labute approximate surface area is 115 Å². The van der Waals surface area contributed by atoms with Crippen LogP contribution in [0.2, 0.25) is 0 Å². The Morgan fingerprint density at radius 1 is 1.11 bits per heavy atom. The van der Waals surface area contributed by atoms with E-state index in [0.29, 0.717) is 5.41 Å². The molecule has 0 spiro atoms. The van der Waals surface area contributed by atoms with Gasteiger partial charge in [-0.2, -0.15) is 0 Å². The van der Waals surface area contributed by atoms with Gasteiger partial charge in [0.2, 0.25) is 0 Å². The minimum atomic E-state index is 0.386. The van der Waals surface area contributed by atoms with E-state index in [0.717, 1.165) is 19.4 Å². The predicted octanol–water partition coefficient (Wildman–Crippen LogP) is 3.43. The van der Waals surface area contributed by atoms with Gasteiger partial charge in [0.1, 0.15) is 0 Å². The van der Waals surface area contributed by atoms with Gasteiger partial charge in [-0.15, -0.1) is 0 Å². The summed E-state index contributed by atoms with van der Waals surface area (Å²) in [5, 5.41) is 4.31. The number of aromatic nitrogens is 1. The molecule has 0 N–H and O–H groups in total. The average Bonchev–Trinajstić information content (AvgIpc) is 2.59. The number of fused-ring (bicyclic) bond motifs is 3. The first-order valence-corrected chi connectivity index (χ1v) is 7.40. The lowest BCUT2D eigenvalue weighted by Crippen LogP contribution is -2.28. The van der Waals surface area contributed by atoms with Gasteiger partial charge in [0.05, 0.1) is 0 Å². The van der Waals surface area contributed by atoms with Crippen molar-refractivity contribution in [1.82, 2.24) is 4.57 Å². The monoisotopic (exact) mass is 253 g/mol.